The molecule has 0 amide bonds. The first-order chi connectivity index (χ1) is 8.41. The Morgan fingerprint density at radius 3 is 2.33 bits per heavy atom. The van der Waals surface area contributed by atoms with Crippen molar-refractivity contribution in [1.82, 2.24) is 4.98 Å². The average molecular weight is 267 g/mol. The van der Waals surface area contributed by atoms with Crippen molar-refractivity contribution >= 4 is 9.84 Å². The molecule has 0 atom stereocenters. The van der Waals surface area contributed by atoms with E-state index in [9.17, 15) is 13.5 Å². The molecule has 0 aliphatic heterocycles. The van der Waals surface area contributed by atoms with Crippen molar-refractivity contribution in [3.8, 4) is 17.2 Å². The standard InChI is InChI=1S/C12H13NO4S/c1-3-10-12(18(2,15)16)17-11(13-10)8-4-6-9(14)7-5-8/h4-7,14H,3H2,1-2H3. The van der Waals surface area contributed by atoms with Gasteiger partial charge in [-0.2, -0.15) is 0 Å². The van der Waals surface area contributed by atoms with Crippen LogP contribution in [0.25, 0.3) is 11.5 Å². The molecule has 0 saturated heterocycles. The molecule has 0 saturated carbocycles. The SMILES string of the molecule is CCc1nc(-c2ccc(O)cc2)oc1S(C)(=O)=O. The highest BCUT2D eigenvalue weighted by Crippen LogP contribution is 2.26. The van der Waals surface area contributed by atoms with E-state index in [4.69, 9.17) is 4.42 Å². The van der Waals surface area contributed by atoms with Gasteiger partial charge in [0.25, 0.3) is 0 Å². The number of hydrogen-bond acceptors (Lipinski definition) is 5. The fourth-order valence-electron chi connectivity index (χ4n) is 1.58. The van der Waals surface area contributed by atoms with Crippen molar-refractivity contribution in [3.63, 3.8) is 0 Å². The zero-order valence-electron chi connectivity index (χ0n) is 10.0. The molecule has 1 aromatic heterocycles. The van der Waals surface area contributed by atoms with E-state index in [1.165, 1.54) is 12.1 Å². The van der Waals surface area contributed by atoms with E-state index in [2.05, 4.69) is 4.98 Å². The van der Waals surface area contributed by atoms with Crippen LogP contribution in [0.4, 0.5) is 0 Å². The zero-order chi connectivity index (χ0) is 13.3. The smallest absolute Gasteiger partial charge is 0.241 e. The third kappa shape index (κ3) is 2.38. The molecule has 5 nitrogen and oxygen atoms in total. The lowest BCUT2D eigenvalue weighted by Gasteiger charge is -1.95. The van der Waals surface area contributed by atoms with Crippen LogP contribution in [0.15, 0.2) is 33.8 Å². The first-order valence-electron chi connectivity index (χ1n) is 5.41. The summed E-state index contributed by atoms with van der Waals surface area (Å²) >= 11 is 0. The van der Waals surface area contributed by atoms with Crippen molar-refractivity contribution in [2.24, 2.45) is 0 Å². The predicted molar refractivity (Wildman–Crippen MR) is 66.1 cm³/mol. The predicted octanol–water partition coefficient (Wildman–Crippen LogP) is 2.01. The Kier molecular flexibility index (Phi) is 3.13. The van der Waals surface area contributed by atoms with Crippen molar-refractivity contribution < 1.29 is 17.9 Å². The summed E-state index contributed by atoms with van der Waals surface area (Å²) in [4.78, 5) is 4.17. The van der Waals surface area contributed by atoms with Crippen LogP contribution in [-0.2, 0) is 16.3 Å². The number of hydrogen-bond donors (Lipinski definition) is 1. The third-order valence-electron chi connectivity index (χ3n) is 2.45. The average Bonchev–Trinajstić information content (AvgIpc) is 2.73. The summed E-state index contributed by atoms with van der Waals surface area (Å²) < 4.78 is 28.4. The Bertz CT molecular complexity index is 656. The van der Waals surface area contributed by atoms with Gasteiger partial charge in [-0.3, -0.25) is 0 Å². The van der Waals surface area contributed by atoms with Crippen LogP contribution in [0.2, 0.25) is 0 Å². The van der Waals surface area contributed by atoms with Gasteiger partial charge in [-0.1, -0.05) is 6.92 Å². The van der Waals surface area contributed by atoms with Gasteiger partial charge < -0.3 is 9.52 Å². The molecule has 6 heteroatoms. The van der Waals surface area contributed by atoms with Gasteiger partial charge in [-0.25, -0.2) is 13.4 Å². The number of sulfone groups is 1. The highest BCUT2D eigenvalue weighted by Gasteiger charge is 2.21. The van der Waals surface area contributed by atoms with Gasteiger partial charge in [-0.15, -0.1) is 0 Å². The molecule has 96 valence electrons. The summed E-state index contributed by atoms with van der Waals surface area (Å²) in [5, 5.41) is 9.10. The molecular formula is C12H13NO4S. The van der Waals surface area contributed by atoms with Gasteiger partial charge in [-0.05, 0) is 30.7 Å². The Morgan fingerprint density at radius 1 is 1.28 bits per heavy atom. The highest BCUT2D eigenvalue weighted by molar-refractivity contribution is 7.90. The van der Waals surface area contributed by atoms with Crippen LogP contribution in [0, 0.1) is 0 Å². The quantitative estimate of drug-likeness (QED) is 0.920. The summed E-state index contributed by atoms with van der Waals surface area (Å²) in [6, 6.07) is 6.22. The molecule has 2 aromatic rings. The highest BCUT2D eigenvalue weighted by atomic mass is 32.2. The van der Waals surface area contributed by atoms with E-state index in [0.717, 1.165) is 6.26 Å². The minimum absolute atomic E-state index is 0.0897. The molecule has 1 aromatic carbocycles. The molecule has 1 N–H and O–H groups in total. The van der Waals surface area contributed by atoms with E-state index in [-0.39, 0.29) is 16.7 Å². The molecular weight excluding hydrogens is 254 g/mol. The maximum absolute atomic E-state index is 11.5. The fraction of sp³-hybridized carbons (Fsp3) is 0.250. The Hall–Kier alpha value is -1.82. The lowest BCUT2D eigenvalue weighted by molar-refractivity contribution is 0.455. The number of aromatic nitrogens is 1. The van der Waals surface area contributed by atoms with Gasteiger partial charge in [0.05, 0.1) is 5.69 Å². The number of nitrogens with zero attached hydrogens (tertiary/aromatic N) is 1. The zero-order valence-corrected chi connectivity index (χ0v) is 10.9. The van der Waals surface area contributed by atoms with E-state index < -0.39 is 9.84 Å². The van der Waals surface area contributed by atoms with E-state index >= 15 is 0 Å². The van der Waals surface area contributed by atoms with Crippen molar-refractivity contribution in [2.75, 3.05) is 6.26 Å². The van der Waals surface area contributed by atoms with Crippen LogP contribution < -0.4 is 0 Å². The van der Waals surface area contributed by atoms with Gasteiger partial charge in [0.2, 0.25) is 20.8 Å². The Labute approximate surface area is 105 Å². The second-order valence-corrected chi connectivity index (χ2v) is 5.84. The van der Waals surface area contributed by atoms with Crippen LogP contribution in [0.3, 0.4) is 0 Å². The van der Waals surface area contributed by atoms with E-state index in [0.29, 0.717) is 17.7 Å². The van der Waals surface area contributed by atoms with Crippen LogP contribution in [0.1, 0.15) is 12.6 Å². The summed E-state index contributed by atoms with van der Waals surface area (Å²) in [5.41, 5.74) is 1.04. The maximum atomic E-state index is 11.5. The molecule has 0 aliphatic rings. The number of benzene rings is 1. The van der Waals surface area contributed by atoms with Crippen LogP contribution in [-0.4, -0.2) is 24.8 Å². The van der Waals surface area contributed by atoms with Crippen molar-refractivity contribution in [2.45, 2.75) is 18.4 Å². The van der Waals surface area contributed by atoms with E-state index in [1.54, 1.807) is 12.1 Å². The largest absolute Gasteiger partial charge is 0.508 e. The van der Waals surface area contributed by atoms with Crippen LogP contribution >= 0.6 is 0 Å². The van der Waals surface area contributed by atoms with Gasteiger partial charge >= 0.3 is 0 Å². The fourth-order valence-corrected chi connectivity index (χ4v) is 2.43. The summed E-state index contributed by atoms with van der Waals surface area (Å²) in [6.07, 6.45) is 1.57. The maximum Gasteiger partial charge on any atom is 0.241 e. The summed E-state index contributed by atoms with van der Waals surface area (Å²) in [7, 11) is -3.42. The third-order valence-corrected chi connectivity index (χ3v) is 3.44. The summed E-state index contributed by atoms with van der Waals surface area (Å²) in [5.74, 6) is 0.372. The Balaban J connectivity index is 2.54. The number of aromatic hydroxyl groups is 1. The normalized spacial score (nSPS) is 11.7. The number of oxazole rings is 1. The monoisotopic (exact) mass is 267 g/mol. The minimum Gasteiger partial charge on any atom is -0.508 e. The number of phenols is 1. The number of aryl methyl sites for hydroxylation is 1. The lowest BCUT2D eigenvalue weighted by Crippen LogP contribution is -1.98. The van der Waals surface area contributed by atoms with Crippen molar-refractivity contribution in [1.29, 1.82) is 0 Å². The summed E-state index contributed by atoms with van der Waals surface area (Å²) in [6.45, 7) is 1.81. The lowest BCUT2D eigenvalue weighted by atomic mass is 10.2. The molecule has 2 rings (SSSR count). The van der Waals surface area contributed by atoms with Gasteiger partial charge in [0, 0.05) is 11.8 Å². The molecule has 1 heterocycles. The van der Waals surface area contributed by atoms with Crippen molar-refractivity contribution in [3.05, 3.63) is 30.0 Å². The molecule has 0 radical (unpaired) electrons. The second-order valence-electron chi connectivity index (χ2n) is 3.93. The molecule has 0 bridgehead atoms. The molecule has 0 unspecified atom stereocenters. The van der Waals surface area contributed by atoms with Gasteiger partial charge in [0.1, 0.15) is 5.75 Å². The first kappa shape index (κ1) is 12.6. The second kappa shape index (κ2) is 4.45. The molecule has 0 spiro atoms. The molecule has 0 fully saturated rings. The minimum atomic E-state index is -3.42. The molecule has 0 aliphatic carbocycles. The van der Waals surface area contributed by atoms with E-state index in [1.807, 2.05) is 6.92 Å². The Morgan fingerprint density at radius 2 is 1.89 bits per heavy atom. The van der Waals surface area contributed by atoms with Crippen LogP contribution in [0.5, 0.6) is 5.75 Å². The number of phenolic OH excluding ortho intramolecular Hbond substituents is 1. The van der Waals surface area contributed by atoms with Gasteiger partial charge in [0.15, 0.2) is 0 Å². The number of rotatable bonds is 3. The topological polar surface area (TPSA) is 80.4 Å². The molecule has 18 heavy (non-hydrogen) atoms. The first-order valence-corrected chi connectivity index (χ1v) is 7.30.